The van der Waals surface area contributed by atoms with E-state index in [-0.39, 0.29) is 23.0 Å². The molecular formula is C26H27ClF2N6O2. The highest BCUT2D eigenvalue weighted by Crippen LogP contribution is 2.48. The van der Waals surface area contributed by atoms with Crippen LogP contribution in [0, 0.1) is 11.6 Å². The van der Waals surface area contributed by atoms with Crippen molar-refractivity contribution in [2.45, 2.75) is 62.9 Å². The minimum atomic E-state index is -0.491. The van der Waals surface area contributed by atoms with E-state index < -0.39 is 11.6 Å². The Labute approximate surface area is 217 Å². The molecule has 11 heteroatoms. The number of carbonyl (C=O) groups is 2. The van der Waals surface area contributed by atoms with Crippen LogP contribution in [0.1, 0.15) is 72.7 Å². The summed E-state index contributed by atoms with van der Waals surface area (Å²) in [5.74, 6) is -0.448. The summed E-state index contributed by atoms with van der Waals surface area (Å²) in [7, 11) is 0. The largest absolute Gasteiger partial charge is 0.353 e. The van der Waals surface area contributed by atoms with Gasteiger partial charge in [-0.05, 0) is 63.1 Å². The second-order valence-electron chi connectivity index (χ2n) is 9.75. The number of halogens is 3. The van der Waals surface area contributed by atoms with Crippen molar-refractivity contribution >= 4 is 23.9 Å². The third-order valence-corrected chi connectivity index (χ3v) is 7.44. The maximum Gasteiger partial charge on any atom is 0.272 e. The fourth-order valence-electron chi connectivity index (χ4n) is 4.76. The second-order valence-corrected chi connectivity index (χ2v) is 10.2. The lowest BCUT2D eigenvalue weighted by molar-refractivity contribution is -0.109. The number of aromatic amines is 1. The topological polar surface area (TPSA) is 104 Å². The van der Waals surface area contributed by atoms with E-state index in [1.54, 1.807) is 12.1 Å². The molecule has 6 rings (SSSR count). The van der Waals surface area contributed by atoms with E-state index in [1.165, 1.54) is 12.6 Å². The smallest absolute Gasteiger partial charge is 0.272 e. The molecule has 3 aromatic heterocycles. The van der Waals surface area contributed by atoms with Crippen molar-refractivity contribution in [2.24, 2.45) is 0 Å². The molecule has 0 atom stereocenters. The molecule has 1 spiro atoms. The number of rotatable bonds is 6. The average Bonchev–Trinajstić information content (AvgIpc) is 3.83. The normalized spacial score (nSPS) is 17.6. The molecule has 3 aliphatic rings. The molecule has 2 aliphatic carbocycles. The number of H-pyrrole nitrogens is 1. The Balaban J connectivity index is 0.000000198. The van der Waals surface area contributed by atoms with Crippen molar-refractivity contribution in [2.75, 3.05) is 6.54 Å². The molecule has 8 nitrogen and oxygen atoms in total. The van der Waals surface area contributed by atoms with Crippen LogP contribution in [-0.4, -0.2) is 49.5 Å². The summed E-state index contributed by atoms with van der Waals surface area (Å²) < 4.78 is 26.7. The molecule has 37 heavy (non-hydrogen) atoms. The molecule has 3 fully saturated rings. The van der Waals surface area contributed by atoms with Gasteiger partial charge in [0.15, 0.2) is 5.82 Å². The van der Waals surface area contributed by atoms with E-state index in [1.807, 2.05) is 4.90 Å². The summed E-state index contributed by atoms with van der Waals surface area (Å²) in [6.45, 7) is 1.02. The van der Waals surface area contributed by atoms with Gasteiger partial charge in [-0.2, -0.15) is 5.10 Å². The van der Waals surface area contributed by atoms with Crippen LogP contribution < -0.4 is 5.32 Å². The van der Waals surface area contributed by atoms with Crippen molar-refractivity contribution in [3.8, 4) is 11.3 Å². The summed E-state index contributed by atoms with van der Waals surface area (Å²) in [6.07, 6.45) is 10.6. The highest BCUT2D eigenvalue weighted by atomic mass is 35.5. The maximum absolute atomic E-state index is 14.2. The molecule has 3 aromatic rings. The summed E-state index contributed by atoms with van der Waals surface area (Å²) in [6, 6.07) is 4.61. The average molecular weight is 529 g/mol. The molecule has 4 heterocycles. The zero-order chi connectivity index (χ0) is 26.0. The van der Waals surface area contributed by atoms with Gasteiger partial charge in [-0.1, -0.05) is 11.6 Å². The first-order chi connectivity index (χ1) is 17.9. The molecule has 0 unspecified atom stereocenters. The van der Waals surface area contributed by atoms with Crippen molar-refractivity contribution in [3.63, 3.8) is 0 Å². The summed E-state index contributed by atoms with van der Waals surface area (Å²) in [5.41, 5.74) is 2.80. The van der Waals surface area contributed by atoms with E-state index >= 15 is 0 Å². The Morgan fingerprint density at radius 3 is 2.68 bits per heavy atom. The molecule has 0 radical (unpaired) electrons. The van der Waals surface area contributed by atoms with E-state index in [0.717, 1.165) is 63.0 Å². The van der Waals surface area contributed by atoms with Crippen LogP contribution in [0.3, 0.4) is 0 Å². The van der Waals surface area contributed by atoms with Crippen LogP contribution in [0.4, 0.5) is 8.78 Å². The van der Waals surface area contributed by atoms with Gasteiger partial charge in [0.05, 0.1) is 35.3 Å². The number of nitrogens with zero attached hydrogens (tertiary/aromatic N) is 4. The molecule has 2 amide bonds. The van der Waals surface area contributed by atoms with Crippen LogP contribution in [0.15, 0.2) is 30.6 Å². The van der Waals surface area contributed by atoms with Gasteiger partial charge in [0.1, 0.15) is 11.5 Å². The van der Waals surface area contributed by atoms with Gasteiger partial charge in [-0.25, -0.2) is 8.78 Å². The predicted molar refractivity (Wildman–Crippen MR) is 133 cm³/mol. The van der Waals surface area contributed by atoms with Gasteiger partial charge < -0.3 is 10.2 Å². The number of nitrogens with one attached hydrogen (secondary N) is 2. The molecule has 2 N–H and O–H groups in total. The molecule has 2 saturated carbocycles. The van der Waals surface area contributed by atoms with E-state index in [9.17, 15) is 18.4 Å². The van der Waals surface area contributed by atoms with Crippen LogP contribution in [0.5, 0.6) is 0 Å². The molecule has 1 aliphatic heterocycles. The number of pyridine rings is 2. The SMILES string of the molecule is O=C(c1cc(-c2cc(C3CC3)ncc2F)n[nH]1)N1CCCCC12CC2.O=CNCc1ncc(F)cc1Cl. The molecule has 0 bridgehead atoms. The van der Waals surface area contributed by atoms with Gasteiger partial charge in [-0.3, -0.25) is 24.7 Å². The number of carbonyl (C=O) groups excluding carboxylic acids is 2. The van der Waals surface area contributed by atoms with Crippen molar-refractivity contribution in [3.05, 3.63) is 64.3 Å². The monoisotopic (exact) mass is 528 g/mol. The van der Waals surface area contributed by atoms with Crippen molar-refractivity contribution < 1.29 is 18.4 Å². The summed E-state index contributed by atoms with van der Waals surface area (Å²) in [4.78, 5) is 32.7. The maximum atomic E-state index is 14.2. The van der Waals surface area contributed by atoms with Gasteiger partial charge in [0, 0.05) is 29.3 Å². The zero-order valence-electron chi connectivity index (χ0n) is 20.1. The number of piperidine rings is 1. The highest BCUT2D eigenvalue weighted by Gasteiger charge is 2.51. The standard InChI is InChI=1S/C19H21FN4O.C7H6ClFN2O/c20-14-11-21-15(12-3-4-12)9-13(14)16-10-17(23-22-16)18(25)24-8-2-1-5-19(24)6-7-19;8-6-1-5(9)2-11-7(6)3-10-4-12/h9-12H,1-8H2,(H,22,23);1-2,4H,3H2,(H,10,12). The zero-order valence-corrected chi connectivity index (χ0v) is 20.9. The second kappa shape index (κ2) is 10.5. The van der Waals surface area contributed by atoms with Crippen LogP contribution >= 0.6 is 11.6 Å². The Morgan fingerprint density at radius 1 is 1.16 bits per heavy atom. The lowest BCUT2D eigenvalue weighted by Gasteiger charge is -2.35. The Hall–Kier alpha value is -3.40. The van der Waals surface area contributed by atoms with Crippen LogP contribution in [0.25, 0.3) is 11.3 Å². The first-order valence-corrected chi connectivity index (χ1v) is 12.8. The first-order valence-electron chi connectivity index (χ1n) is 12.4. The third-order valence-electron chi connectivity index (χ3n) is 7.11. The molecular weight excluding hydrogens is 502 g/mol. The minimum absolute atomic E-state index is 0.00664. The quantitative estimate of drug-likeness (QED) is 0.449. The Morgan fingerprint density at radius 2 is 1.97 bits per heavy atom. The van der Waals surface area contributed by atoms with Gasteiger partial charge in [0.2, 0.25) is 6.41 Å². The highest BCUT2D eigenvalue weighted by molar-refractivity contribution is 6.31. The number of likely N-dealkylation sites (tertiary alicyclic amines) is 1. The molecule has 194 valence electrons. The van der Waals surface area contributed by atoms with Gasteiger partial charge in [-0.15, -0.1) is 0 Å². The lowest BCUT2D eigenvalue weighted by atomic mass is 9.99. The Bertz CT molecular complexity index is 1310. The van der Waals surface area contributed by atoms with E-state index in [2.05, 4.69) is 25.5 Å². The summed E-state index contributed by atoms with van der Waals surface area (Å²) >= 11 is 5.61. The number of hydrogen-bond acceptors (Lipinski definition) is 5. The number of hydrogen-bond donors (Lipinski definition) is 2. The number of aromatic nitrogens is 4. The van der Waals surface area contributed by atoms with Crippen molar-refractivity contribution in [1.29, 1.82) is 0 Å². The third kappa shape index (κ3) is 5.64. The van der Waals surface area contributed by atoms with Crippen molar-refractivity contribution in [1.82, 2.24) is 30.4 Å². The first kappa shape index (κ1) is 25.3. The lowest BCUT2D eigenvalue weighted by Crippen LogP contribution is -2.45. The molecule has 0 aromatic carbocycles. The van der Waals surface area contributed by atoms with Gasteiger partial charge in [0.25, 0.3) is 5.91 Å². The predicted octanol–water partition coefficient (Wildman–Crippen LogP) is 4.77. The fraction of sp³-hybridized carbons (Fsp3) is 0.423. The van der Waals surface area contributed by atoms with Crippen LogP contribution in [-0.2, 0) is 11.3 Å². The molecule has 1 saturated heterocycles. The van der Waals surface area contributed by atoms with Crippen LogP contribution in [0.2, 0.25) is 5.02 Å². The van der Waals surface area contributed by atoms with E-state index in [0.29, 0.717) is 35.0 Å². The van der Waals surface area contributed by atoms with E-state index in [4.69, 9.17) is 11.6 Å². The number of amides is 2. The fourth-order valence-corrected chi connectivity index (χ4v) is 4.98. The summed E-state index contributed by atoms with van der Waals surface area (Å²) in [5, 5.41) is 9.63. The van der Waals surface area contributed by atoms with Gasteiger partial charge >= 0.3 is 0 Å². The minimum Gasteiger partial charge on any atom is -0.353 e. The Kier molecular flexibility index (Phi) is 7.19.